The molecular formula is C23H20F2N4OS. The smallest absolute Gasteiger partial charge is 0.220 e. The molecule has 0 aliphatic heterocycles. The molecule has 0 radical (unpaired) electrons. The van der Waals surface area contributed by atoms with E-state index in [2.05, 4.69) is 15.4 Å². The first-order valence-electron chi connectivity index (χ1n) is 10.2. The van der Waals surface area contributed by atoms with Crippen molar-refractivity contribution in [2.75, 3.05) is 0 Å². The summed E-state index contributed by atoms with van der Waals surface area (Å²) in [6, 6.07) is 11.2. The Balaban J connectivity index is 1.29. The normalized spacial score (nSPS) is 15.7. The number of para-hydroxylation sites is 1. The lowest BCUT2D eigenvalue weighted by atomic mass is 9.92. The van der Waals surface area contributed by atoms with Gasteiger partial charge in [-0.05, 0) is 43.5 Å². The highest BCUT2D eigenvalue weighted by molar-refractivity contribution is 7.18. The Kier molecular flexibility index (Phi) is 5.23. The molecule has 2 aromatic carbocycles. The zero-order valence-corrected chi connectivity index (χ0v) is 17.5. The van der Waals surface area contributed by atoms with Gasteiger partial charge in [0.2, 0.25) is 5.91 Å². The van der Waals surface area contributed by atoms with E-state index in [0.29, 0.717) is 12.8 Å². The van der Waals surface area contributed by atoms with Gasteiger partial charge in [-0.25, -0.2) is 18.4 Å². The molecule has 5 nitrogen and oxygen atoms in total. The van der Waals surface area contributed by atoms with E-state index in [-0.39, 0.29) is 17.6 Å². The Morgan fingerprint density at radius 1 is 1.23 bits per heavy atom. The predicted molar refractivity (Wildman–Crippen MR) is 115 cm³/mol. The van der Waals surface area contributed by atoms with Crippen molar-refractivity contribution in [2.45, 2.75) is 38.1 Å². The molecule has 158 valence electrons. The van der Waals surface area contributed by atoms with E-state index in [1.807, 2.05) is 24.3 Å². The molecule has 8 heteroatoms. The number of hydrogen-bond donors (Lipinski definition) is 1. The van der Waals surface area contributed by atoms with Crippen LogP contribution in [0.15, 0.2) is 48.7 Å². The van der Waals surface area contributed by atoms with Crippen LogP contribution in [0, 0.1) is 11.6 Å². The van der Waals surface area contributed by atoms with Crippen LogP contribution in [0.25, 0.3) is 15.9 Å². The summed E-state index contributed by atoms with van der Waals surface area (Å²) >= 11 is 1.61. The SMILES string of the molecule is O=C(CCc1nc2ccccc2s1)NC1CCCc2c1cnn2-c1ccc(F)cc1F. The van der Waals surface area contributed by atoms with E-state index in [0.717, 1.165) is 51.8 Å². The Morgan fingerprint density at radius 2 is 2.10 bits per heavy atom. The number of fused-ring (bicyclic) bond motifs is 2. The quantitative estimate of drug-likeness (QED) is 0.483. The van der Waals surface area contributed by atoms with E-state index >= 15 is 0 Å². The fraction of sp³-hybridized carbons (Fsp3) is 0.261. The lowest BCUT2D eigenvalue weighted by Crippen LogP contribution is -2.31. The standard InChI is InChI=1S/C23H20F2N4OS/c24-14-8-9-20(16(25)12-14)29-19-6-3-5-17(15(19)13-26-29)27-22(30)10-11-23-28-18-4-1-2-7-21(18)31-23/h1-2,4,7-9,12-13,17H,3,5-6,10-11H2,(H,27,30). The van der Waals surface area contributed by atoms with E-state index < -0.39 is 11.6 Å². The second-order valence-electron chi connectivity index (χ2n) is 7.64. The molecular weight excluding hydrogens is 418 g/mol. The number of halogens is 2. The molecule has 2 heterocycles. The maximum Gasteiger partial charge on any atom is 0.220 e. The van der Waals surface area contributed by atoms with Gasteiger partial charge in [0, 0.05) is 30.2 Å². The third-order valence-corrected chi connectivity index (χ3v) is 6.66. The third kappa shape index (κ3) is 3.95. The van der Waals surface area contributed by atoms with Gasteiger partial charge >= 0.3 is 0 Å². The number of carbonyl (C=O) groups is 1. The molecule has 0 spiro atoms. The molecule has 2 aromatic heterocycles. The molecule has 1 atom stereocenters. The summed E-state index contributed by atoms with van der Waals surface area (Å²) in [7, 11) is 0. The average Bonchev–Trinajstić information content (AvgIpc) is 3.37. The minimum absolute atomic E-state index is 0.0437. The van der Waals surface area contributed by atoms with E-state index in [1.54, 1.807) is 17.5 Å². The number of aromatic nitrogens is 3. The molecule has 1 aliphatic carbocycles. The van der Waals surface area contributed by atoms with Gasteiger partial charge in [-0.1, -0.05) is 12.1 Å². The van der Waals surface area contributed by atoms with E-state index in [1.165, 1.54) is 16.8 Å². The second-order valence-corrected chi connectivity index (χ2v) is 8.76. The highest BCUT2D eigenvalue weighted by atomic mass is 32.1. The van der Waals surface area contributed by atoms with Crippen LogP contribution in [0.5, 0.6) is 0 Å². The number of benzene rings is 2. The summed E-state index contributed by atoms with van der Waals surface area (Å²) < 4.78 is 30.2. The Bertz CT molecular complexity index is 1230. The molecule has 0 saturated carbocycles. The molecule has 1 N–H and O–H groups in total. The van der Waals surface area contributed by atoms with Crippen LogP contribution in [0.4, 0.5) is 8.78 Å². The summed E-state index contributed by atoms with van der Waals surface area (Å²) in [4.78, 5) is 17.2. The average molecular weight is 439 g/mol. The second kappa shape index (κ2) is 8.19. The number of amides is 1. The van der Waals surface area contributed by atoms with Gasteiger partial charge in [0.25, 0.3) is 0 Å². The zero-order chi connectivity index (χ0) is 21.4. The summed E-state index contributed by atoms with van der Waals surface area (Å²) in [5.74, 6) is -1.33. The molecule has 5 rings (SSSR count). The molecule has 31 heavy (non-hydrogen) atoms. The van der Waals surface area contributed by atoms with E-state index in [9.17, 15) is 13.6 Å². The van der Waals surface area contributed by atoms with Gasteiger partial charge in [0.1, 0.15) is 11.5 Å². The zero-order valence-electron chi connectivity index (χ0n) is 16.6. The van der Waals surface area contributed by atoms with Crippen molar-refractivity contribution in [3.8, 4) is 5.69 Å². The van der Waals surface area contributed by atoms with Crippen molar-refractivity contribution < 1.29 is 13.6 Å². The number of rotatable bonds is 5. The lowest BCUT2D eigenvalue weighted by Gasteiger charge is -2.24. The van der Waals surface area contributed by atoms with Crippen LogP contribution in [-0.4, -0.2) is 20.7 Å². The van der Waals surface area contributed by atoms with Crippen molar-refractivity contribution in [1.29, 1.82) is 0 Å². The molecule has 0 bridgehead atoms. The van der Waals surface area contributed by atoms with Crippen molar-refractivity contribution in [2.24, 2.45) is 0 Å². The molecule has 0 saturated heterocycles. The highest BCUT2D eigenvalue weighted by Crippen LogP contribution is 2.32. The van der Waals surface area contributed by atoms with Gasteiger partial charge in [-0.2, -0.15) is 5.10 Å². The van der Waals surface area contributed by atoms with Gasteiger partial charge in [0.15, 0.2) is 5.82 Å². The summed E-state index contributed by atoms with van der Waals surface area (Å²) in [6.07, 6.45) is 5.00. The Labute approximate surface area is 181 Å². The molecule has 1 amide bonds. The lowest BCUT2D eigenvalue weighted by molar-refractivity contribution is -0.121. The molecule has 1 unspecified atom stereocenters. The van der Waals surface area contributed by atoms with Crippen molar-refractivity contribution in [3.63, 3.8) is 0 Å². The van der Waals surface area contributed by atoms with Crippen LogP contribution in [0.2, 0.25) is 0 Å². The monoisotopic (exact) mass is 438 g/mol. The van der Waals surface area contributed by atoms with E-state index in [4.69, 9.17) is 0 Å². The number of nitrogens with zero attached hydrogens (tertiary/aromatic N) is 3. The molecule has 0 fully saturated rings. The van der Waals surface area contributed by atoms with Gasteiger partial charge in [0.05, 0.1) is 27.5 Å². The number of hydrogen-bond acceptors (Lipinski definition) is 4. The van der Waals surface area contributed by atoms with Crippen molar-refractivity contribution in [3.05, 3.63) is 76.6 Å². The fourth-order valence-corrected chi connectivity index (χ4v) is 5.05. The highest BCUT2D eigenvalue weighted by Gasteiger charge is 2.26. The maximum absolute atomic E-state index is 14.3. The topological polar surface area (TPSA) is 59.8 Å². The van der Waals surface area contributed by atoms with Gasteiger partial charge in [-0.15, -0.1) is 11.3 Å². The summed E-state index contributed by atoms with van der Waals surface area (Å²) in [5, 5.41) is 8.37. The fourth-order valence-electron chi connectivity index (χ4n) is 4.08. The Morgan fingerprint density at radius 3 is 2.94 bits per heavy atom. The molecule has 1 aliphatic rings. The predicted octanol–water partition coefficient (Wildman–Crippen LogP) is 4.89. The first-order chi connectivity index (χ1) is 15.1. The van der Waals surface area contributed by atoms with Crippen molar-refractivity contribution in [1.82, 2.24) is 20.1 Å². The molecule has 4 aromatic rings. The third-order valence-electron chi connectivity index (χ3n) is 5.56. The number of nitrogens with one attached hydrogen (secondary N) is 1. The number of aryl methyl sites for hydroxylation is 1. The largest absolute Gasteiger partial charge is 0.349 e. The minimum atomic E-state index is -0.659. The summed E-state index contributed by atoms with van der Waals surface area (Å²) in [6.45, 7) is 0. The van der Waals surface area contributed by atoms with Gasteiger partial charge in [-0.3, -0.25) is 4.79 Å². The number of thiazole rings is 1. The van der Waals surface area contributed by atoms with Gasteiger partial charge < -0.3 is 5.32 Å². The number of carbonyl (C=O) groups excluding carboxylic acids is 1. The minimum Gasteiger partial charge on any atom is -0.349 e. The van der Waals surface area contributed by atoms with Crippen LogP contribution in [0.3, 0.4) is 0 Å². The van der Waals surface area contributed by atoms with Crippen LogP contribution < -0.4 is 5.32 Å². The van der Waals surface area contributed by atoms with Crippen molar-refractivity contribution >= 4 is 27.5 Å². The summed E-state index contributed by atoms with van der Waals surface area (Å²) in [5.41, 5.74) is 2.92. The van der Waals surface area contributed by atoms with Crippen LogP contribution in [0.1, 0.15) is 41.6 Å². The maximum atomic E-state index is 14.3. The first kappa shape index (κ1) is 19.8. The Hall–Kier alpha value is -3.13. The van der Waals surface area contributed by atoms with Crippen LogP contribution >= 0.6 is 11.3 Å². The first-order valence-corrected chi connectivity index (χ1v) is 11.1. The van der Waals surface area contributed by atoms with Crippen LogP contribution in [-0.2, 0) is 17.6 Å².